The van der Waals surface area contributed by atoms with Crippen LogP contribution in [0, 0.1) is 13.8 Å². The maximum Gasteiger partial charge on any atom is 0.251 e. The van der Waals surface area contributed by atoms with Crippen molar-refractivity contribution < 1.29 is 9.59 Å². The van der Waals surface area contributed by atoms with Crippen LogP contribution in [0.15, 0.2) is 52.9 Å². The minimum absolute atomic E-state index is 0.127. The quantitative estimate of drug-likeness (QED) is 0.455. The maximum absolute atomic E-state index is 12.2. The summed E-state index contributed by atoms with van der Waals surface area (Å²) in [5.41, 5.74) is 3.88. The second kappa shape index (κ2) is 9.48. The maximum atomic E-state index is 12.2. The van der Waals surface area contributed by atoms with Gasteiger partial charge in [-0.2, -0.15) is 0 Å². The summed E-state index contributed by atoms with van der Waals surface area (Å²) in [6.07, 6.45) is 0. The van der Waals surface area contributed by atoms with Crippen LogP contribution in [0.5, 0.6) is 0 Å². The largest absolute Gasteiger partial charge is 0.343 e. The first-order chi connectivity index (χ1) is 13.5. The lowest BCUT2D eigenvalue weighted by Crippen LogP contribution is -2.32. The van der Waals surface area contributed by atoms with Gasteiger partial charge in [0.05, 0.1) is 6.54 Å². The first-order valence-corrected chi connectivity index (χ1v) is 10.5. The van der Waals surface area contributed by atoms with Crippen molar-refractivity contribution in [3.63, 3.8) is 0 Å². The number of anilines is 1. The van der Waals surface area contributed by atoms with E-state index in [2.05, 4.69) is 33.0 Å². The Labute approximate surface area is 171 Å². The van der Waals surface area contributed by atoms with Crippen LogP contribution in [0.3, 0.4) is 0 Å². The van der Waals surface area contributed by atoms with Crippen LogP contribution in [0.2, 0.25) is 0 Å². The highest BCUT2D eigenvalue weighted by molar-refractivity contribution is 8.00. The van der Waals surface area contributed by atoms with Crippen molar-refractivity contribution in [3.05, 3.63) is 70.8 Å². The summed E-state index contributed by atoms with van der Waals surface area (Å²) in [4.78, 5) is 24.2. The van der Waals surface area contributed by atoms with Gasteiger partial charge in [-0.15, -0.1) is 10.2 Å². The third-order valence-electron chi connectivity index (χ3n) is 4.04. The van der Waals surface area contributed by atoms with Crippen molar-refractivity contribution in [1.29, 1.82) is 0 Å². The Morgan fingerprint density at radius 3 is 2.57 bits per heavy atom. The van der Waals surface area contributed by atoms with E-state index in [1.807, 2.05) is 44.2 Å². The molecular weight excluding hydrogens is 392 g/mol. The molecule has 8 heteroatoms. The van der Waals surface area contributed by atoms with E-state index in [4.69, 9.17) is 0 Å². The summed E-state index contributed by atoms with van der Waals surface area (Å²) >= 11 is 2.87. The molecule has 144 valence electrons. The van der Waals surface area contributed by atoms with Crippen LogP contribution in [0.4, 0.5) is 5.13 Å². The van der Waals surface area contributed by atoms with E-state index < -0.39 is 0 Å². The normalized spacial score (nSPS) is 10.5. The molecule has 2 amide bonds. The van der Waals surface area contributed by atoms with Crippen molar-refractivity contribution in [2.75, 3.05) is 11.9 Å². The zero-order valence-corrected chi connectivity index (χ0v) is 17.2. The Bertz CT molecular complexity index is 973. The number of aromatic nitrogens is 2. The molecular formula is C20H20N4O2S2. The van der Waals surface area contributed by atoms with Gasteiger partial charge >= 0.3 is 0 Å². The molecule has 3 rings (SSSR count). The minimum Gasteiger partial charge on any atom is -0.343 e. The zero-order valence-electron chi connectivity index (χ0n) is 15.6. The molecule has 0 unspecified atom stereocenters. The molecule has 2 aromatic carbocycles. The molecule has 28 heavy (non-hydrogen) atoms. The number of hydrogen-bond acceptors (Lipinski definition) is 6. The molecule has 1 heterocycles. The number of nitrogens with one attached hydrogen (secondary N) is 2. The van der Waals surface area contributed by atoms with Gasteiger partial charge in [-0.3, -0.25) is 14.9 Å². The van der Waals surface area contributed by atoms with E-state index in [0.29, 0.717) is 10.7 Å². The average Bonchev–Trinajstić information content (AvgIpc) is 3.14. The molecule has 0 aliphatic heterocycles. The topological polar surface area (TPSA) is 84.0 Å². The highest BCUT2D eigenvalue weighted by Crippen LogP contribution is 2.28. The Balaban J connectivity index is 1.46. The summed E-state index contributed by atoms with van der Waals surface area (Å²) < 4.78 is 0.776. The van der Waals surface area contributed by atoms with E-state index in [-0.39, 0.29) is 18.4 Å². The SMILES string of the molecule is Cc1ccc(C(=O)NCC(=O)Nc2nnc(SCc3ccccc3)s2)cc1C. The third kappa shape index (κ3) is 5.64. The lowest BCUT2D eigenvalue weighted by atomic mass is 10.1. The minimum atomic E-state index is -0.340. The molecule has 0 aliphatic rings. The van der Waals surface area contributed by atoms with Gasteiger partial charge in [-0.25, -0.2) is 0 Å². The Morgan fingerprint density at radius 2 is 1.82 bits per heavy atom. The third-order valence-corrected chi connectivity index (χ3v) is 6.08. The lowest BCUT2D eigenvalue weighted by molar-refractivity contribution is -0.115. The number of amides is 2. The zero-order chi connectivity index (χ0) is 19.9. The molecule has 0 saturated heterocycles. The summed E-state index contributed by atoms with van der Waals surface area (Å²) in [7, 11) is 0. The molecule has 0 aliphatic carbocycles. The predicted octanol–water partition coefficient (Wildman–Crippen LogP) is 3.82. The van der Waals surface area contributed by atoms with Crippen LogP contribution in [-0.4, -0.2) is 28.6 Å². The Morgan fingerprint density at radius 1 is 1.04 bits per heavy atom. The molecule has 0 fully saturated rings. The lowest BCUT2D eigenvalue weighted by Gasteiger charge is -2.07. The van der Waals surface area contributed by atoms with E-state index in [1.54, 1.807) is 17.8 Å². The molecule has 0 radical (unpaired) electrons. The summed E-state index contributed by atoms with van der Waals surface area (Å²) in [5, 5.41) is 13.8. The second-order valence-electron chi connectivity index (χ2n) is 6.18. The first kappa shape index (κ1) is 20.0. The van der Waals surface area contributed by atoms with Gasteiger partial charge in [0.15, 0.2) is 4.34 Å². The summed E-state index contributed by atoms with van der Waals surface area (Å²) in [6.45, 7) is 3.80. The molecule has 3 aromatic rings. The van der Waals surface area contributed by atoms with Crippen LogP contribution in [-0.2, 0) is 10.5 Å². The van der Waals surface area contributed by atoms with Crippen molar-refractivity contribution in [2.24, 2.45) is 0 Å². The second-order valence-corrected chi connectivity index (χ2v) is 8.38. The van der Waals surface area contributed by atoms with Crippen LogP contribution >= 0.6 is 23.1 Å². The number of benzene rings is 2. The van der Waals surface area contributed by atoms with Gasteiger partial charge in [0.1, 0.15) is 0 Å². The molecule has 0 bridgehead atoms. The first-order valence-electron chi connectivity index (χ1n) is 8.67. The van der Waals surface area contributed by atoms with Gasteiger partial charge in [0.2, 0.25) is 11.0 Å². The number of hydrogen-bond donors (Lipinski definition) is 2. The van der Waals surface area contributed by atoms with Gasteiger partial charge in [0.25, 0.3) is 5.91 Å². The summed E-state index contributed by atoms with van der Waals surface area (Å²) in [6, 6.07) is 15.5. The number of thioether (sulfide) groups is 1. The fourth-order valence-corrected chi connectivity index (χ4v) is 4.07. The number of aryl methyl sites for hydroxylation is 2. The number of nitrogens with zero attached hydrogens (tertiary/aromatic N) is 2. The van der Waals surface area contributed by atoms with Crippen molar-refractivity contribution >= 4 is 40.0 Å². The van der Waals surface area contributed by atoms with Crippen LogP contribution in [0.1, 0.15) is 27.0 Å². The number of carbonyl (C=O) groups excluding carboxylic acids is 2. The highest BCUT2D eigenvalue weighted by atomic mass is 32.2. The molecule has 0 spiro atoms. The summed E-state index contributed by atoms with van der Waals surface area (Å²) in [5.74, 6) is 0.165. The van der Waals surface area contributed by atoms with Gasteiger partial charge in [-0.1, -0.05) is 59.5 Å². The molecule has 1 aromatic heterocycles. The average molecular weight is 413 g/mol. The molecule has 2 N–H and O–H groups in total. The van der Waals surface area contributed by atoms with E-state index in [9.17, 15) is 9.59 Å². The van der Waals surface area contributed by atoms with Crippen LogP contribution < -0.4 is 10.6 Å². The van der Waals surface area contributed by atoms with E-state index in [1.165, 1.54) is 16.9 Å². The van der Waals surface area contributed by atoms with Crippen LogP contribution in [0.25, 0.3) is 0 Å². The van der Waals surface area contributed by atoms with Crippen molar-refractivity contribution in [3.8, 4) is 0 Å². The molecule has 0 saturated carbocycles. The Hall–Kier alpha value is -2.71. The Kier molecular flexibility index (Phi) is 6.78. The van der Waals surface area contributed by atoms with Crippen molar-refractivity contribution in [1.82, 2.24) is 15.5 Å². The van der Waals surface area contributed by atoms with E-state index >= 15 is 0 Å². The van der Waals surface area contributed by atoms with Gasteiger partial charge in [0, 0.05) is 11.3 Å². The highest BCUT2D eigenvalue weighted by Gasteiger charge is 2.12. The van der Waals surface area contributed by atoms with E-state index in [0.717, 1.165) is 21.2 Å². The standard InChI is InChI=1S/C20H20N4O2S2/c1-13-8-9-16(10-14(13)2)18(26)21-11-17(25)22-19-23-24-20(28-19)27-12-15-6-4-3-5-7-15/h3-10H,11-12H2,1-2H3,(H,21,26)(H,22,23,25). The number of carbonyl (C=O) groups is 2. The fourth-order valence-electron chi connectivity index (χ4n) is 2.35. The fraction of sp³-hybridized carbons (Fsp3) is 0.200. The smallest absolute Gasteiger partial charge is 0.251 e. The van der Waals surface area contributed by atoms with Crippen molar-refractivity contribution in [2.45, 2.75) is 23.9 Å². The van der Waals surface area contributed by atoms with Gasteiger partial charge < -0.3 is 5.32 Å². The predicted molar refractivity (Wildman–Crippen MR) is 113 cm³/mol. The molecule has 0 atom stereocenters. The number of rotatable bonds is 7. The molecule has 6 nitrogen and oxygen atoms in total. The van der Waals surface area contributed by atoms with Gasteiger partial charge in [-0.05, 0) is 42.7 Å². The monoisotopic (exact) mass is 412 g/mol.